The standard InChI is InChI=1S/C19H24FN3O3S/c1-3-23(14-16-5-4-6-17(20)13-16)19(24)21-11-12-22-27(25,26)18-9-7-15(2)8-10-18/h4-10,13,22H,3,11-12,14H2,1-2H3,(H,21,24). The molecule has 0 radical (unpaired) electrons. The van der Waals surface area contributed by atoms with E-state index in [1.54, 1.807) is 24.3 Å². The molecular weight excluding hydrogens is 369 g/mol. The first-order valence-electron chi connectivity index (χ1n) is 8.65. The van der Waals surface area contributed by atoms with E-state index in [9.17, 15) is 17.6 Å². The number of aryl methyl sites for hydroxylation is 1. The lowest BCUT2D eigenvalue weighted by Gasteiger charge is -2.21. The Hall–Kier alpha value is -2.45. The summed E-state index contributed by atoms with van der Waals surface area (Å²) in [4.78, 5) is 13.9. The highest BCUT2D eigenvalue weighted by atomic mass is 32.2. The first kappa shape index (κ1) is 20.9. The summed E-state index contributed by atoms with van der Waals surface area (Å²) in [5, 5.41) is 2.67. The largest absolute Gasteiger partial charge is 0.337 e. The predicted molar refractivity (Wildman–Crippen MR) is 102 cm³/mol. The maximum absolute atomic E-state index is 13.3. The second kappa shape index (κ2) is 9.48. The predicted octanol–water partition coefficient (Wildman–Crippen LogP) is 2.64. The van der Waals surface area contributed by atoms with Crippen LogP contribution in [0.15, 0.2) is 53.4 Å². The number of carbonyl (C=O) groups excluding carboxylic acids is 1. The summed E-state index contributed by atoms with van der Waals surface area (Å²) in [5.41, 5.74) is 1.66. The van der Waals surface area contributed by atoms with Gasteiger partial charge in [0, 0.05) is 26.2 Å². The maximum Gasteiger partial charge on any atom is 0.317 e. The van der Waals surface area contributed by atoms with Gasteiger partial charge in [-0.2, -0.15) is 0 Å². The van der Waals surface area contributed by atoms with Gasteiger partial charge in [0.05, 0.1) is 4.90 Å². The van der Waals surface area contributed by atoms with E-state index in [2.05, 4.69) is 10.0 Å². The molecule has 0 spiro atoms. The number of rotatable bonds is 8. The second-order valence-electron chi connectivity index (χ2n) is 6.09. The van der Waals surface area contributed by atoms with Crippen LogP contribution < -0.4 is 10.0 Å². The minimum atomic E-state index is -3.61. The van der Waals surface area contributed by atoms with Crippen molar-refractivity contribution in [2.75, 3.05) is 19.6 Å². The Labute approximate surface area is 159 Å². The maximum atomic E-state index is 13.3. The summed E-state index contributed by atoms with van der Waals surface area (Å²) in [6, 6.07) is 12.2. The SMILES string of the molecule is CCN(Cc1cccc(F)c1)C(=O)NCCNS(=O)(=O)c1ccc(C)cc1. The van der Waals surface area contributed by atoms with Crippen molar-refractivity contribution >= 4 is 16.1 Å². The van der Waals surface area contributed by atoms with E-state index in [4.69, 9.17) is 0 Å². The fourth-order valence-electron chi connectivity index (χ4n) is 2.45. The number of urea groups is 1. The van der Waals surface area contributed by atoms with Crippen molar-refractivity contribution in [3.63, 3.8) is 0 Å². The molecule has 146 valence electrons. The van der Waals surface area contributed by atoms with Gasteiger partial charge in [0.15, 0.2) is 0 Å². The van der Waals surface area contributed by atoms with Crippen LogP contribution in [0.5, 0.6) is 0 Å². The average molecular weight is 393 g/mol. The monoisotopic (exact) mass is 393 g/mol. The van der Waals surface area contributed by atoms with Crippen LogP contribution in [0, 0.1) is 12.7 Å². The molecule has 2 aromatic carbocycles. The minimum absolute atomic E-state index is 0.0689. The molecule has 0 aliphatic rings. The molecule has 0 aliphatic carbocycles. The fraction of sp³-hybridized carbons (Fsp3) is 0.316. The van der Waals surface area contributed by atoms with Gasteiger partial charge < -0.3 is 10.2 Å². The van der Waals surface area contributed by atoms with Crippen molar-refractivity contribution in [3.8, 4) is 0 Å². The smallest absolute Gasteiger partial charge is 0.317 e. The second-order valence-corrected chi connectivity index (χ2v) is 7.85. The summed E-state index contributed by atoms with van der Waals surface area (Å²) in [5.74, 6) is -0.352. The van der Waals surface area contributed by atoms with Crippen LogP contribution in [0.25, 0.3) is 0 Å². The lowest BCUT2D eigenvalue weighted by molar-refractivity contribution is 0.198. The van der Waals surface area contributed by atoms with E-state index in [1.165, 1.54) is 29.2 Å². The minimum Gasteiger partial charge on any atom is -0.337 e. The zero-order valence-corrected chi connectivity index (χ0v) is 16.2. The van der Waals surface area contributed by atoms with Crippen molar-refractivity contribution in [1.29, 1.82) is 0 Å². The van der Waals surface area contributed by atoms with Gasteiger partial charge in [0.1, 0.15) is 5.82 Å². The van der Waals surface area contributed by atoms with Crippen LogP contribution in [0.3, 0.4) is 0 Å². The van der Waals surface area contributed by atoms with E-state index in [0.717, 1.165) is 5.56 Å². The molecule has 0 atom stereocenters. The Bertz CT molecular complexity index is 870. The van der Waals surface area contributed by atoms with Gasteiger partial charge in [-0.05, 0) is 43.7 Å². The molecule has 0 heterocycles. The van der Waals surface area contributed by atoms with Crippen LogP contribution in [0.4, 0.5) is 9.18 Å². The normalized spacial score (nSPS) is 11.2. The Morgan fingerprint density at radius 3 is 2.44 bits per heavy atom. The van der Waals surface area contributed by atoms with Crippen LogP contribution in [0.2, 0.25) is 0 Å². The summed E-state index contributed by atoms with van der Waals surface area (Å²) in [7, 11) is -3.61. The quantitative estimate of drug-likeness (QED) is 0.677. The number of nitrogens with zero attached hydrogens (tertiary/aromatic N) is 1. The van der Waals surface area contributed by atoms with Gasteiger partial charge in [-0.25, -0.2) is 22.3 Å². The molecule has 0 bridgehead atoms. The number of carbonyl (C=O) groups is 1. The molecule has 0 unspecified atom stereocenters. The molecule has 2 rings (SSSR count). The van der Waals surface area contributed by atoms with Crippen molar-refractivity contribution < 1.29 is 17.6 Å². The molecule has 27 heavy (non-hydrogen) atoms. The van der Waals surface area contributed by atoms with Crippen LogP contribution >= 0.6 is 0 Å². The highest BCUT2D eigenvalue weighted by Crippen LogP contribution is 2.09. The molecule has 2 amide bonds. The Kier molecular flexibility index (Phi) is 7.32. The summed E-state index contributed by atoms with van der Waals surface area (Å²) >= 11 is 0. The molecule has 2 aromatic rings. The summed E-state index contributed by atoms with van der Waals surface area (Å²) in [6.45, 7) is 4.62. The Balaban J connectivity index is 1.82. The Morgan fingerprint density at radius 1 is 1.11 bits per heavy atom. The number of hydrogen-bond donors (Lipinski definition) is 2. The molecule has 8 heteroatoms. The third-order valence-corrected chi connectivity index (χ3v) is 5.43. The van der Waals surface area contributed by atoms with Gasteiger partial charge >= 0.3 is 6.03 Å². The zero-order chi connectivity index (χ0) is 19.9. The van der Waals surface area contributed by atoms with Crippen molar-refractivity contribution in [1.82, 2.24) is 14.9 Å². The Morgan fingerprint density at radius 2 is 1.81 bits per heavy atom. The average Bonchev–Trinajstić information content (AvgIpc) is 2.63. The van der Waals surface area contributed by atoms with E-state index in [1.807, 2.05) is 13.8 Å². The number of nitrogens with one attached hydrogen (secondary N) is 2. The highest BCUT2D eigenvalue weighted by molar-refractivity contribution is 7.89. The first-order chi connectivity index (χ1) is 12.8. The van der Waals surface area contributed by atoms with E-state index in [-0.39, 0.29) is 36.4 Å². The first-order valence-corrected chi connectivity index (χ1v) is 10.1. The van der Waals surface area contributed by atoms with Gasteiger partial charge in [-0.3, -0.25) is 0 Å². The molecule has 0 aromatic heterocycles. The van der Waals surface area contributed by atoms with E-state index in [0.29, 0.717) is 12.1 Å². The number of hydrogen-bond acceptors (Lipinski definition) is 3. The lowest BCUT2D eigenvalue weighted by atomic mass is 10.2. The number of benzene rings is 2. The van der Waals surface area contributed by atoms with Crippen LogP contribution in [-0.4, -0.2) is 39.0 Å². The highest BCUT2D eigenvalue weighted by Gasteiger charge is 2.14. The van der Waals surface area contributed by atoms with Gasteiger partial charge in [-0.15, -0.1) is 0 Å². The zero-order valence-electron chi connectivity index (χ0n) is 15.4. The van der Waals surface area contributed by atoms with Crippen LogP contribution in [-0.2, 0) is 16.6 Å². The van der Waals surface area contributed by atoms with Crippen LogP contribution in [0.1, 0.15) is 18.1 Å². The number of amides is 2. The molecule has 2 N–H and O–H groups in total. The summed E-state index contributed by atoms with van der Waals surface area (Å²) < 4.78 is 40.1. The fourth-order valence-corrected chi connectivity index (χ4v) is 3.48. The molecule has 0 fully saturated rings. The van der Waals surface area contributed by atoms with Gasteiger partial charge in [0.25, 0.3) is 0 Å². The third kappa shape index (κ3) is 6.33. The molecule has 0 saturated carbocycles. The molecule has 6 nitrogen and oxygen atoms in total. The lowest BCUT2D eigenvalue weighted by Crippen LogP contribution is -2.42. The van der Waals surface area contributed by atoms with Gasteiger partial charge in [-0.1, -0.05) is 29.8 Å². The van der Waals surface area contributed by atoms with E-state index < -0.39 is 10.0 Å². The van der Waals surface area contributed by atoms with Crippen molar-refractivity contribution in [3.05, 3.63) is 65.5 Å². The van der Waals surface area contributed by atoms with Crippen molar-refractivity contribution in [2.24, 2.45) is 0 Å². The number of sulfonamides is 1. The summed E-state index contributed by atoms with van der Waals surface area (Å²) in [6.07, 6.45) is 0. The van der Waals surface area contributed by atoms with Crippen molar-refractivity contribution in [2.45, 2.75) is 25.3 Å². The number of halogens is 1. The molecule has 0 aliphatic heterocycles. The molecular formula is C19H24FN3O3S. The topological polar surface area (TPSA) is 78.5 Å². The van der Waals surface area contributed by atoms with Gasteiger partial charge in [0.2, 0.25) is 10.0 Å². The van der Waals surface area contributed by atoms with E-state index >= 15 is 0 Å². The molecule has 0 saturated heterocycles. The third-order valence-electron chi connectivity index (χ3n) is 3.96.